The van der Waals surface area contributed by atoms with Gasteiger partial charge in [0, 0.05) is 41.1 Å². The second-order valence-corrected chi connectivity index (χ2v) is 5.33. The van der Waals surface area contributed by atoms with Crippen molar-refractivity contribution in [1.29, 1.82) is 0 Å². The first kappa shape index (κ1) is 11.3. The van der Waals surface area contributed by atoms with Crippen molar-refractivity contribution < 1.29 is 0 Å². The van der Waals surface area contributed by atoms with E-state index in [1.807, 2.05) is 18.3 Å². The van der Waals surface area contributed by atoms with Crippen LogP contribution in [0.1, 0.15) is 26.2 Å². The van der Waals surface area contributed by atoms with Gasteiger partial charge >= 0.3 is 0 Å². The number of hydrogen-bond acceptors (Lipinski definition) is 3. The summed E-state index contributed by atoms with van der Waals surface area (Å²) < 4.78 is 0. The molecule has 0 radical (unpaired) electrons. The van der Waals surface area contributed by atoms with Gasteiger partial charge in [0.15, 0.2) is 0 Å². The number of aromatic nitrogens is 1. The third-order valence-electron chi connectivity index (χ3n) is 4.21. The lowest BCUT2D eigenvalue weighted by molar-refractivity contribution is 0.522. The molecule has 2 aromatic rings. The molecule has 1 aromatic carbocycles. The molecule has 0 unspecified atom stereocenters. The van der Waals surface area contributed by atoms with Crippen molar-refractivity contribution in [3.8, 4) is 0 Å². The Morgan fingerprint density at radius 1 is 1.28 bits per heavy atom. The predicted octanol–water partition coefficient (Wildman–Crippen LogP) is 3.42. The van der Waals surface area contributed by atoms with Crippen molar-refractivity contribution >= 4 is 22.1 Å². The number of fused-ring (bicyclic) bond motifs is 1. The zero-order valence-corrected chi connectivity index (χ0v) is 10.7. The highest BCUT2D eigenvalue weighted by Crippen LogP contribution is 2.48. The number of nitrogen functional groups attached to an aromatic ring is 1. The van der Waals surface area contributed by atoms with Crippen LogP contribution in [0.25, 0.3) is 10.8 Å². The maximum Gasteiger partial charge on any atom is 0.0437 e. The lowest BCUT2D eigenvalue weighted by Crippen LogP contribution is -2.14. The molecule has 1 fully saturated rings. The molecule has 0 bridgehead atoms. The van der Waals surface area contributed by atoms with Crippen LogP contribution in [0.5, 0.6) is 0 Å². The van der Waals surface area contributed by atoms with Crippen LogP contribution in [0.3, 0.4) is 0 Å². The van der Waals surface area contributed by atoms with Crippen molar-refractivity contribution in [2.24, 2.45) is 5.41 Å². The highest BCUT2D eigenvalue weighted by molar-refractivity contribution is 6.00. The summed E-state index contributed by atoms with van der Waals surface area (Å²) >= 11 is 0. The number of nitrogens with two attached hydrogens (primary N) is 1. The van der Waals surface area contributed by atoms with E-state index in [9.17, 15) is 0 Å². The quantitative estimate of drug-likeness (QED) is 0.806. The number of nitrogens with zero attached hydrogens (tertiary/aromatic N) is 1. The summed E-state index contributed by atoms with van der Waals surface area (Å²) in [5.41, 5.74) is 8.49. The predicted molar refractivity (Wildman–Crippen MR) is 76.6 cm³/mol. The molecular weight excluding hydrogens is 222 g/mol. The van der Waals surface area contributed by atoms with E-state index in [4.69, 9.17) is 5.73 Å². The number of benzene rings is 1. The Morgan fingerprint density at radius 2 is 2.11 bits per heavy atom. The molecule has 3 heteroatoms. The van der Waals surface area contributed by atoms with E-state index in [0.717, 1.165) is 28.7 Å². The van der Waals surface area contributed by atoms with Crippen LogP contribution in [-0.2, 0) is 0 Å². The average molecular weight is 241 g/mol. The standard InChI is InChI=1S/C15H19N3/c1-2-15(6-7-15)10-18-14-4-3-13(16)11-5-8-17-9-12(11)14/h3-5,8-9,18H,2,6-7,10,16H2,1H3. The highest BCUT2D eigenvalue weighted by atomic mass is 14.9. The lowest BCUT2D eigenvalue weighted by atomic mass is 10.0. The Balaban J connectivity index is 1.90. The van der Waals surface area contributed by atoms with E-state index in [-0.39, 0.29) is 0 Å². The number of hydrogen-bond donors (Lipinski definition) is 2. The number of rotatable bonds is 4. The summed E-state index contributed by atoms with van der Waals surface area (Å²) in [6.07, 6.45) is 7.63. The van der Waals surface area contributed by atoms with Crippen LogP contribution in [0.15, 0.2) is 30.6 Å². The Morgan fingerprint density at radius 3 is 2.83 bits per heavy atom. The summed E-state index contributed by atoms with van der Waals surface area (Å²) in [6, 6.07) is 6.00. The largest absolute Gasteiger partial charge is 0.398 e. The normalized spacial score (nSPS) is 16.7. The van der Waals surface area contributed by atoms with E-state index >= 15 is 0 Å². The summed E-state index contributed by atoms with van der Waals surface area (Å²) in [5.74, 6) is 0. The van der Waals surface area contributed by atoms with E-state index in [2.05, 4.69) is 23.3 Å². The van der Waals surface area contributed by atoms with Crippen LogP contribution in [-0.4, -0.2) is 11.5 Å². The molecule has 3 nitrogen and oxygen atoms in total. The van der Waals surface area contributed by atoms with Gasteiger partial charge in [-0.2, -0.15) is 0 Å². The summed E-state index contributed by atoms with van der Waals surface area (Å²) in [6.45, 7) is 3.33. The fourth-order valence-electron chi connectivity index (χ4n) is 2.48. The minimum atomic E-state index is 0.538. The molecule has 3 rings (SSSR count). The van der Waals surface area contributed by atoms with Gasteiger partial charge in [-0.1, -0.05) is 6.92 Å². The summed E-state index contributed by atoms with van der Waals surface area (Å²) in [4.78, 5) is 4.20. The molecule has 0 saturated heterocycles. The number of nitrogens with one attached hydrogen (secondary N) is 1. The molecule has 1 saturated carbocycles. The van der Waals surface area contributed by atoms with Gasteiger partial charge in [0.25, 0.3) is 0 Å². The molecule has 3 N–H and O–H groups in total. The first-order valence-corrected chi connectivity index (χ1v) is 6.60. The van der Waals surface area contributed by atoms with Gasteiger partial charge in [0.05, 0.1) is 0 Å². The molecule has 1 heterocycles. The van der Waals surface area contributed by atoms with Gasteiger partial charge < -0.3 is 11.1 Å². The summed E-state index contributed by atoms with van der Waals surface area (Å²) in [5, 5.41) is 5.77. The molecule has 0 amide bonds. The zero-order chi connectivity index (χ0) is 12.6. The van der Waals surface area contributed by atoms with Crippen molar-refractivity contribution in [3.05, 3.63) is 30.6 Å². The van der Waals surface area contributed by atoms with Gasteiger partial charge in [0.2, 0.25) is 0 Å². The van der Waals surface area contributed by atoms with Crippen molar-refractivity contribution in [2.45, 2.75) is 26.2 Å². The van der Waals surface area contributed by atoms with Crippen LogP contribution in [0, 0.1) is 5.41 Å². The second kappa shape index (κ2) is 4.16. The van der Waals surface area contributed by atoms with Crippen LogP contribution in [0.2, 0.25) is 0 Å². The first-order valence-electron chi connectivity index (χ1n) is 6.60. The second-order valence-electron chi connectivity index (χ2n) is 5.33. The minimum Gasteiger partial charge on any atom is -0.398 e. The van der Waals surface area contributed by atoms with E-state index in [1.165, 1.54) is 19.3 Å². The number of anilines is 2. The van der Waals surface area contributed by atoms with Crippen molar-refractivity contribution in [1.82, 2.24) is 4.98 Å². The fourth-order valence-corrected chi connectivity index (χ4v) is 2.48. The Kier molecular flexibility index (Phi) is 2.62. The van der Waals surface area contributed by atoms with E-state index < -0.39 is 0 Å². The molecule has 1 aliphatic carbocycles. The third kappa shape index (κ3) is 1.90. The topological polar surface area (TPSA) is 50.9 Å². The van der Waals surface area contributed by atoms with E-state index in [1.54, 1.807) is 6.20 Å². The SMILES string of the molecule is CCC1(CNc2ccc(N)c3ccncc23)CC1. The van der Waals surface area contributed by atoms with E-state index in [0.29, 0.717) is 5.41 Å². The maximum absolute atomic E-state index is 5.99. The molecule has 0 aliphatic heterocycles. The maximum atomic E-state index is 5.99. The number of pyridine rings is 1. The van der Waals surface area contributed by atoms with Gasteiger partial charge in [-0.05, 0) is 42.9 Å². The molecular formula is C15H19N3. The highest BCUT2D eigenvalue weighted by Gasteiger charge is 2.40. The molecule has 0 atom stereocenters. The Bertz CT molecular complexity index is 573. The molecule has 1 aromatic heterocycles. The van der Waals surface area contributed by atoms with Crippen LogP contribution >= 0.6 is 0 Å². The van der Waals surface area contributed by atoms with Gasteiger partial charge in [-0.3, -0.25) is 4.98 Å². The van der Waals surface area contributed by atoms with Gasteiger partial charge in [0.1, 0.15) is 0 Å². The van der Waals surface area contributed by atoms with Crippen molar-refractivity contribution in [2.75, 3.05) is 17.6 Å². The van der Waals surface area contributed by atoms with Crippen molar-refractivity contribution in [3.63, 3.8) is 0 Å². The average Bonchev–Trinajstić information content (AvgIpc) is 3.19. The zero-order valence-electron chi connectivity index (χ0n) is 10.7. The van der Waals surface area contributed by atoms with Crippen LogP contribution < -0.4 is 11.1 Å². The van der Waals surface area contributed by atoms with Gasteiger partial charge in [-0.15, -0.1) is 0 Å². The van der Waals surface area contributed by atoms with Gasteiger partial charge in [-0.25, -0.2) is 0 Å². The monoisotopic (exact) mass is 241 g/mol. The lowest BCUT2D eigenvalue weighted by Gasteiger charge is -2.16. The fraction of sp³-hybridized carbons (Fsp3) is 0.400. The summed E-state index contributed by atoms with van der Waals surface area (Å²) in [7, 11) is 0. The minimum absolute atomic E-state index is 0.538. The molecule has 18 heavy (non-hydrogen) atoms. The first-order chi connectivity index (χ1) is 8.74. The Labute approximate surface area is 107 Å². The third-order valence-corrected chi connectivity index (χ3v) is 4.21. The molecule has 94 valence electrons. The molecule has 0 spiro atoms. The molecule has 1 aliphatic rings. The van der Waals surface area contributed by atoms with Crippen LogP contribution in [0.4, 0.5) is 11.4 Å². The smallest absolute Gasteiger partial charge is 0.0437 e. The Hall–Kier alpha value is -1.77.